The molecule has 0 atom stereocenters. The van der Waals surface area contributed by atoms with E-state index < -0.39 is 0 Å². The molecule has 1 saturated carbocycles. The van der Waals surface area contributed by atoms with Crippen molar-refractivity contribution in [3.8, 4) is 0 Å². The fourth-order valence-corrected chi connectivity index (χ4v) is 0.788. The van der Waals surface area contributed by atoms with Gasteiger partial charge in [0.2, 0.25) is 5.91 Å². The molecular weight excluding hydrogens is 140 g/mol. The molecule has 0 unspecified atom stereocenters. The summed E-state index contributed by atoms with van der Waals surface area (Å²) in [6.45, 7) is 0. The van der Waals surface area contributed by atoms with Crippen LogP contribution >= 0.6 is 12.4 Å². The van der Waals surface area contributed by atoms with Gasteiger partial charge in [0.25, 0.3) is 0 Å². The lowest BCUT2D eigenvalue weighted by Gasteiger charge is -2.22. The zero-order valence-electron chi connectivity index (χ0n) is 5.09. The summed E-state index contributed by atoms with van der Waals surface area (Å²) in [5.41, 5.74) is 2.13. The minimum absolute atomic E-state index is 0. The van der Waals surface area contributed by atoms with E-state index in [2.05, 4.69) is 5.43 Å². The molecule has 1 fully saturated rings. The third kappa shape index (κ3) is 1.84. The van der Waals surface area contributed by atoms with Crippen LogP contribution in [0.4, 0.5) is 0 Å². The van der Waals surface area contributed by atoms with E-state index in [9.17, 15) is 4.79 Å². The number of nitrogens with one attached hydrogen (secondary N) is 1. The first-order valence-electron chi connectivity index (χ1n) is 2.85. The van der Waals surface area contributed by atoms with Crippen LogP contribution in [0.2, 0.25) is 0 Å². The number of carbonyl (C=O) groups excluding carboxylic acids is 1. The fourth-order valence-electron chi connectivity index (χ4n) is 0.788. The molecule has 4 heteroatoms. The second kappa shape index (κ2) is 3.69. The van der Waals surface area contributed by atoms with Gasteiger partial charge in [0.1, 0.15) is 0 Å². The molecule has 9 heavy (non-hydrogen) atoms. The van der Waals surface area contributed by atoms with Gasteiger partial charge in [0.15, 0.2) is 0 Å². The van der Waals surface area contributed by atoms with Crippen molar-refractivity contribution < 1.29 is 4.79 Å². The minimum atomic E-state index is -0.00347. The fraction of sp³-hybridized carbons (Fsp3) is 0.800. The Bertz CT molecular complexity index is 103. The van der Waals surface area contributed by atoms with Crippen LogP contribution in [0.5, 0.6) is 0 Å². The highest BCUT2D eigenvalue weighted by molar-refractivity contribution is 5.85. The molecule has 0 spiro atoms. The number of hydrazine groups is 1. The first kappa shape index (κ1) is 8.72. The zero-order valence-corrected chi connectivity index (χ0v) is 5.91. The Balaban J connectivity index is 0.000000640. The van der Waals surface area contributed by atoms with E-state index in [1.807, 2.05) is 0 Å². The smallest absolute Gasteiger partial charge is 0.236 e. The first-order valence-corrected chi connectivity index (χ1v) is 2.85. The molecule has 1 aliphatic rings. The molecule has 0 bridgehead atoms. The maximum Gasteiger partial charge on any atom is 0.236 e. The van der Waals surface area contributed by atoms with Gasteiger partial charge in [-0.05, 0) is 12.8 Å². The van der Waals surface area contributed by atoms with Gasteiger partial charge >= 0.3 is 0 Å². The van der Waals surface area contributed by atoms with Crippen LogP contribution in [0.15, 0.2) is 0 Å². The number of carbonyl (C=O) groups is 1. The number of halogens is 1. The van der Waals surface area contributed by atoms with Crippen molar-refractivity contribution in [3.63, 3.8) is 0 Å². The molecule has 0 aliphatic heterocycles. The Morgan fingerprint density at radius 1 is 1.56 bits per heavy atom. The van der Waals surface area contributed by atoms with Gasteiger partial charge in [-0.25, -0.2) is 5.84 Å². The Morgan fingerprint density at radius 2 is 2.11 bits per heavy atom. The topological polar surface area (TPSA) is 55.1 Å². The largest absolute Gasteiger partial charge is 0.294 e. The first-order chi connectivity index (χ1) is 3.84. The normalized spacial score (nSPS) is 17.4. The van der Waals surface area contributed by atoms with Gasteiger partial charge in [-0.1, -0.05) is 6.42 Å². The van der Waals surface area contributed by atoms with Crippen LogP contribution in [-0.4, -0.2) is 5.91 Å². The third-order valence-corrected chi connectivity index (χ3v) is 1.62. The summed E-state index contributed by atoms with van der Waals surface area (Å²) in [5, 5.41) is 0. The van der Waals surface area contributed by atoms with Crippen molar-refractivity contribution in [1.82, 2.24) is 5.43 Å². The van der Waals surface area contributed by atoms with Crippen LogP contribution < -0.4 is 11.3 Å². The predicted molar refractivity (Wildman–Crippen MR) is 36.9 cm³/mol. The summed E-state index contributed by atoms with van der Waals surface area (Å²) in [7, 11) is 0. The van der Waals surface area contributed by atoms with Crippen LogP contribution in [0.25, 0.3) is 0 Å². The Hall–Kier alpha value is -0.280. The van der Waals surface area contributed by atoms with E-state index in [1.165, 1.54) is 6.42 Å². The van der Waals surface area contributed by atoms with Crippen molar-refractivity contribution in [2.75, 3.05) is 0 Å². The average Bonchev–Trinajstić information content (AvgIpc) is 1.62. The standard InChI is InChI=1S/C5H10N2O.ClH/c6-7-5(8)4-2-1-3-4;/h4H,1-3,6H2,(H,7,8);1H. The number of nitrogens with two attached hydrogens (primary N) is 1. The van der Waals surface area contributed by atoms with Crippen molar-refractivity contribution in [3.05, 3.63) is 0 Å². The molecule has 0 heterocycles. The summed E-state index contributed by atoms with van der Waals surface area (Å²) >= 11 is 0. The number of amides is 1. The minimum Gasteiger partial charge on any atom is -0.294 e. The predicted octanol–water partition coefficient (Wildman–Crippen LogP) is 0.198. The third-order valence-electron chi connectivity index (χ3n) is 1.62. The lowest BCUT2D eigenvalue weighted by molar-refractivity contribution is -0.127. The molecule has 3 nitrogen and oxygen atoms in total. The van der Waals surface area contributed by atoms with Gasteiger partial charge in [-0.3, -0.25) is 10.2 Å². The van der Waals surface area contributed by atoms with Crippen molar-refractivity contribution in [2.45, 2.75) is 19.3 Å². The SMILES string of the molecule is Cl.NNC(=O)C1CCC1. The monoisotopic (exact) mass is 150 g/mol. The van der Waals surface area contributed by atoms with Crippen LogP contribution in [0.3, 0.4) is 0 Å². The highest BCUT2D eigenvalue weighted by Crippen LogP contribution is 2.25. The van der Waals surface area contributed by atoms with Crippen LogP contribution in [-0.2, 0) is 4.79 Å². The Morgan fingerprint density at radius 3 is 2.22 bits per heavy atom. The van der Waals surface area contributed by atoms with E-state index in [1.54, 1.807) is 0 Å². The van der Waals surface area contributed by atoms with Crippen LogP contribution in [0, 0.1) is 5.92 Å². The molecular formula is C5H11ClN2O. The molecule has 1 amide bonds. The molecule has 0 aromatic carbocycles. The second-order valence-electron chi connectivity index (χ2n) is 2.14. The highest BCUT2D eigenvalue weighted by Gasteiger charge is 2.23. The van der Waals surface area contributed by atoms with Crippen molar-refractivity contribution in [2.24, 2.45) is 11.8 Å². The second-order valence-corrected chi connectivity index (χ2v) is 2.14. The van der Waals surface area contributed by atoms with E-state index in [-0.39, 0.29) is 24.2 Å². The van der Waals surface area contributed by atoms with E-state index in [4.69, 9.17) is 5.84 Å². The summed E-state index contributed by atoms with van der Waals surface area (Å²) in [6, 6.07) is 0. The van der Waals surface area contributed by atoms with E-state index >= 15 is 0 Å². The molecule has 54 valence electrons. The molecule has 1 rings (SSSR count). The van der Waals surface area contributed by atoms with Gasteiger partial charge in [0.05, 0.1) is 0 Å². The summed E-state index contributed by atoms with van der Waals surface area (Å²) < 4.78 is 0. The summed E-state index contributed by atoms with van der Waals surface area (Å²) in [6.07, 6.45) is 3.21. The van der Waals surface area contributed by atoms with Crippen molar-refractivity contribution >= 4 is 18.3 Å². The summed E-state index contributed by atoms with van der Waals surface area (Å²) in [5.74, 6) is 5.10. The van der Waals surface area contributed by atoms with Gasteiger partial charge in [0, 0.05) is 5.92 Å². The molecule has 0 saturated heterocycles. The lowest BCUT2D eigenvalue weighted by Crippen LogP contribution is -2.38. The quantitative estimate of drug-likeness (QED) is 0.319. The molecule has 0 aromatic rings. The zero-order chi connectivity index (χ0) is 5.98. The molecule has 1 aliphatic carbocycles. The Kier molecular flexibility index (Phi) is 3.58. The molecule has 0 aromatic heterocycles. The number of hydrogen-bond acceptors (Lipinski definition) is 2. The van der Waals surface area contributed by atoms with Crippen LogP contribution in [0.1, 0.15) is 19.3 Å². The van der Waals surface area contributed by atoms with Gasteiger partial charge < -0.3 is 0 Å². The molecule has 3 N–H and O–H groups in total. The lowest BCUT2D eigenvalue weighted by atomic mass is 9.85. The van der Waals surface area contributed by atoms with Crippen molar-refractivity contribution in [1.29, 1.82) is 0 Å². The number of hydrogen-bond donors (Lipinski definition) is 2. The molecule has 0 radical (unpaired) electrons. The average molecular weight is 151 g/mol. The van der Waals surface area contributed by atoms with Gasteiger partial charge in [-0.2, -0.15) is 0 Å². The van der Waals surface area contributed by atoms with Gasteiger partial charge in [-0.15, -0.1) is 12.4 Å². The van der Waals surface area contributed by atoms with E-state index in [0.29, 0.717) is 0 Å². The maximum atomic E-state index is 10.6. The Labute approximate surface area is 60.4 Å². The summed E-state index contributed by atoms with van der Waals surface area (Å²) in [4.78, 5) is 10.6. The maximum absolute atomic E-state index is 10.6. The number of rotatable bonds is 1. The highest BCUT2D eigenvalue weighted by atomic mass is 35.5. The van der Waals surface area contributed by atoms with E-state index in [0.717, 1.165) is 12.8 Å².